The highest BCUT2D eigenvalue weighted by molar-refractivity contribution is 7.89. The van der Waals surface area contributed by atoms with E-state index in [1.165, 1.54) is 4.31 Å². The average Bonchev–Trinajstić information content (AvgIpc) is 2.80. The fourth-order valence-corrected chi connectivity index (χ4v) is 5.58. The largest absolute Gasteiger partial charge is 0.483 e. The van der Waals surface area contributed by atoms with Gasteiger partial charge in [0.15, 0.2) is 6.61 Å². The molecule has 0 radical (unpaired) electrons. The van der Waals surface area contributed by atoms with Crippen LogP contribution in [0.15, 0.2) is 59.5 Å². The number of ether oxygens (including phenoxy) is 1. The van der Waals surface area contributed by atoms with Crippen LogP contribution in [0.25, 0.3) is 0 Å². The maximum Gasteiger partial charge on any atom is 0.262 e. The Hall–Kier alpha value is -3.16. The molecule has 1 N–H and O–H groups in total. The molecule has 1 amide bonds. The summed E-state index contributed by atoms with van der Waals surface area (Å²) in [5, 5.41) is 2.87. The standard InChI is InChI=1S/C27H30N2O4S/c1-18-5-9-25(10-6-18)34(31,32)29-12-11-22-7-8-24(15-23(22)16-29)28-27(30)17-33-26-14-19(2)13-20(3)21(26)4/h5-10,13-15H,11-12,16-17H2,1-4H3,(H,28,30). The van der Waals surface area contributed by atoms with Gasteiger partial charge in [0.2, 0.25) is 10.0 Å². The number of hydrogen-bond donors (Lipinski definition) is 1. The van der Waals surface area contributed by atoms with E-state index in [0.29, 0.717) is 29.3 Å². The Kier molecular flexibility index (Phi) is 6.77. The van der Waals surface area contributed by atoms with Gasteiger partial charge in [0.25, 0.3) is 5.91 Å². The summed E-state index contributed by atoms with van der Waals surface area (Å²) in [5.74, 6) is 0.438. The maximum atomic E-state index is 13.1. The van der Waals surface area contributed by atoms with Crippen LogP contribution in [-0.2, 0) is 27.8 Å². The molecular weight excluding hydrogens is 448 g/mol. The predicted octanol–water partition coefficient (Wildman–Crippen LogP) is 4.68. The number of sulfonamides is 1. The Labute approximate surface area is 201 Å². The van der Waals surface area contributed by atoms with Gasteiger partial charge < -0.3 is 10.1 Å². The molecule has 7 heteroatoms. The molecule has 1 aliphatic rings. The summed E-state index contributed by atoms with van der Waals surface area (Å²) in [6.45, 7) is 8.51. The first-order chi connectivity index (χ1) is 16.1. The third-order valence-corrected chi connectivity index (χ3v) is 8.11. The highest BCUT2D eigenvalue weighted by atomic mass is 32.2. The van der Waals surface area contributed by atoms with Crippen LogP contribution >= 0.6 is 0 Å². The van der Waals surface area contributed by atoms with Gasteiger partial charge in [-0.2, -0.15) is 4.31 Å². The van der Waals surface area contributed by atoms with Crippen molar-refractivity contribution in [3.05, 3.63) is 88.0 Å². The van der Waals surface area contributed by atoms with Crippen molar-refractivity contribution in [3.63, 3.8) is 0 Å². The Bertz CT molecular complexity index is 1330. The second-order valence-corrected chi connectivity index (χ2v) is 10.9. The third kappa shape index (κ3) is 5.16. The SMILES string of the molecule is Cc1ccc(S(=O)(=O)N2CCc3ccc(NC(=O)COc4cc(C)cc(C)c4C)cc3C2)cc1. The first kappa shape index (κ1) is 24.0. The third-order valence-electron chi connectivity index (χ3n) is 6.25. The van der Waals surface area contributed by atoms with Crippen molar-refractivity contribution in [3.8, 4) is 5.75 Å². The van der Waals surface area contributed by atoms with Crippen LogP contribution in [-0.4, -0.2) is 31.8 Å². The zero-order valence-electron chi connectivity index (χ0n) is 20.0. The minimum atomic E-state index is -3.58. The van der Waals surface area contributed by atoms with Crippen molar-refractivity contribution >= 4 is 21.6 Å². The van der Waals surface area contributed by atoms with E-state index in [-0.39, 0.29) is 19.1 Å². The van der Waals surface area contributed by atoms with Crippen LogP contribution in [0.1, 0.15) is 33.4 Å². The number of fused-ring (bicyclic) bond motifs is 1. The van der Waals surface area contributed by atoms with Crippen molar-refractivity contribution < 1.29 is 17.9 Å². The molecule has 0 bridgehead atoms. The molecule has 0 spiro atoms. The molecule has 34 heavy (non-hydrogen) atoms. The number of carbonyl (C=O) groups excluding carboxylic acids is 1. The Balaban J connectivity index is 1.44. The van der Waals surface area contributed by atoms with E-state index in [0.717, 1.165) is 33.4 Å². The average molecular weight is 479 g/mol. The summed E-state index contributed by atoms with van der Waals surface area (Å²) in [4.78, 5) is 12.8. The Morgan fingerprint density at radius 2 is 1.68 bits per heavy atom. The number of aryl methyl sites for hydroxylation is 3. The first-order valence-corrected chi connectivity index (χ1v) is 12.8. The lowest BCUT2D eigenvalue weighted by atomic mass is 10.0. The number of rotatable bonds is 6. The predicted molar refractivity (Wildman–Crippen MR) is 134 cm³/mol. The summed E-state index contributed by atoms with van der Waals surface area (Å²) >= 11 is 0. The van der Waals surface area contributed by atoms with Gasteiger partial charge in [-0.25, -0.2) is 8.42 Å². The lowest BCUT2D eigenvalue weighted by Gasteiger charge is -2.28. The van der Waals surface area contributed by atoms with Gasteiger partial charge in [-0.15, -0.1) is 0 Å². The fraction of sp³-hybridized carbons (Fsp3) is 0.296. The molecule has 6 nitrogen and oxygen atoms in total. The normalized spacial score (nSPS) is 13.9. The molecule has 0 unspecified atom stereocenters. The fourth-order valence-electron chi connectivity index (χ4n) is 4.16. The molecule has 0 saturated carbocycles. The second-order valence-electron chi connectivity index (χ2n) is 8.93. The van der Waals surface area contributed by atoms with E-state index in [1.54, 1.807) is 24.3 Å². The van der Waals surface area contributed by atoms with E-state index in [2.05, 4.69) is 11.4 Å². The summed E-state index contributed by atoms with van der Waals surface area (Å²) in [6.07, 6.45) is 0.629. The Morgan fingerprint density at radius 3 is 2.41 bits per heavy atom. The topological polar surface area (TPSA) is 75.7 Å². The second kappa shape index (κ2) is 9.60. The monoisotopic (exact) mass is 478 g/mol. The summed E-state index contributed by atoms with van der Waals surface area (Å²) in [7, 11) is -3.58. The lowest BCUT2D eigenvalue weighted by Crippen LogP contribution is -2.36. The minimum Gasteiger partial charge on any atom is -0.483 e. The van der Waals surface area contributed by atoms with Crippen molar-refractivity contribution in [1.82, 2.24) is 4.31 Å². The van der Waals surface area contributed by atoms with E-state index < -0.39 is 10.0 Å². The highest BCUT2D eigenvalue weighted by Crippen LogP contribution is 2.27. The molecule has 0 saturated heterocycles. The number of benzene rings is 3. The zero-order valence-corrected chi connectivity index (χ0v) is 20.8. The van der Waals surface area contributed by atoms with Crippen molar-refractivity contribution in [2.45, 2.75) is 45.6 Å². The van der Waals surface area contributed by atoms with Crippen molar-refractivity contribution in [2.75, 3.05) is 18.5 Å². The molecule has 3 aromatic carbocycles. The highest BCUT2D eigenvalue weighted by Gasteiger charge is 2.28. The molecular formula is C27H30N2O4S. The van der Waals surface area contributed by atoms with Crippen molar-refractivity contribution in [2.24, 2.45) is 0 Å². The van der Waals surface area contributed by atoms with Gasteiger partial charge in [-0.1, -0.05) is 29.8 Å². The number of anilines is 1. The number of nitrogens with zero attached hydrogens (tertiary/aromatic N) is 1. The zero-order chi connectivity index (χ0) is 24.5. The van der Waals surface area contributed by atoms with Crippen LogP contribution in [0, 0.1) is 27.7 Å². The quantitative estimate of drug-likeness (QED) is 0.558. The van der Waals surface area contributed by atoms with Crippen LogP contribution in [0.3, 0.4) is 0 Å². The van der Waals surface area contributed by atoms with Gasteiger partial charge in [0, 0.05) is 18.8 Å². The lowest BCUT2D eigenvalue weighted by molar-refractivity contribution is -0.118. The molecule has 1 aliphatic heterocycles. The Morgan fingerprint density at radius 1 is 0.941 bits per heavy atom. The smallest absolute Gasteiger partial charge is 0.262 e. The first-order valence-electron chi connectivity index (χ1n) is 11.3. The van der Waals surface area contributed by atoms with E-state index in [9.17, 15) is 13.2 Å². The van der Waals surface area contributed by atoms with Crippen LogP contribution in [0.4, 0.5) is 5.69 Å². The van der Waals surface area contributed by atoms with E-state index in [1.807, 2.05) is 52.0 Å². The van der Waals surface area contributed by atoms with E-state index >= 15 is 0 Å². The number of amides is 1. The van der Waals surface area contributed by atoms with E-state index in [4.69, 9.17) is 4.74 Å². The van der Waals surface area contributed by atoms with Crippen molar-refractivity contribution in [1.29, 1.82) is 0 Å². The summed E-state index contributed by atoms with van der Waals surface area (Å²) in [6, 6.07) is 16.6. The van der Waals surface area contributed by atoms with Gasteiger partial charge in [0.1, 0.15) is 5.75 Å². The van der Waals surface area contributed by atoms with Crippen LogP contribution in [0.5, 0.6) is 5.75 Å². The van der Waals surface area contributed by atoms with Gasteiger partial charge in [-0.05, 0) is 92.3 Å². The molecule has 0 atom stereocenters. The molecule has 1 heterocycles. The van der Waals surface area contributed by atoms with Crippen LogP contribution in [0.2, 0.25) is 0 Å². The molecule has 0 aromatic heterocycles. The van der Waals surface area contributed by atoms with Gasteiger partial charge >= 0.3 is 0 Å². The minimum absolute atomic E-state index is 0.102. The number of nitrogens with one attached hydrogen (secondary N) is 1. The maximum absolute atomic E-state index is 13.1. The summed E-state index contributed by atoms with van der Waals surface area (Å²) < 4.78 is 33.5. The molecule has 4 rings (SSSR count). The van der Waals surface area contributed by atoms with Gasteiger partial charge in [-0.3, -0.25) is 4.79 Å². The van der Waals surface area contributed by atoms with Gasteiger partial charge in [0.05, 0.1) is 4.90 Å². The number of carbonyl (C=O) groups is 1. The van der Waals surface area contributed by atoms with Crippen LogP contribution < -0.4 is 10.1 Å². The molecule has 0 aliphatic carbocycles. The molecule has 3 aromatic rings. The molecule has 0 fully saturated rings. The number of hydrogen-bond acceptors (Lipinski definition) is 4. The molecule has 178 valence electrons. The summed E-state index contributed by atoms with van der Waals surface area (Å²) in [5.41, 5.74) is 6.84.